The number of nitrogens with zero attached hydrogens (tertiary/aromatic N) is 3. The summed E-state index contributed by atoms with van der Waals surface area (Å²) in [5.41, 5.74) is 2.81. The predicted molar refractivity (Wildman–Crippen MR) is 84.0 cm³/mol. The maximum Gasteiger partial charge on any atom is 0.325 e. The molecule has 22 heavy (non-hydrogen) atoms. The molecule has 0 aliphatic heterocycles. The van der Waals surface area contributed by atoms with Crippen LogP contribution in [-0.4, -0.2) is 32.6 Å². The lowest BCUT2D eigenvalue weighted by Gasteiger charge is -2.08. The highest BCUT2D eigenvalue weighted by atomic mass is 32.2. The zero-order valence-corrected chi connectivity index (χ0v) is 13.0. The Morgan fingerprint density at radius 3 is 2.73 bits per heavy atom. The molecule has 0 aliphatic carbocycles. The zero-order valence-electron chi connectivity index (χ0n) is 12.2. The minimum absolute atomic E-state index is 0.0102. The minimum atomic E-state index is -0.580. The molecule has 2 aromatic rings. The second kappa shape index (κ2) is 6.94. The Bertz CT molecular complexity index is 700. The molecule has 2 rings (SSSR count). The first-order valence-electron chi connectivity index (χ1n) is 6.41. The fraction of sp³-hybridized carbons (Fsp3) is 0.231. The van der Waals surface area contributed by atoms with Crippen molar-refractivity contribution in [2.75, 3.05) is 16.9 Å². The van der Waals surface area contributed by atoms with E-state index in [2.05, 4.69) is 20.8 Å². The Balaban J connectivity index is 1.82. The van der Waals surface area contributed by atoms with Crippen LogP contribution in [0, 0.1) is 13.8 Å². The van der Waals surface area contributed by atoms with Gasteiger partial charge in [0.2, 0.25) is 11.1 Å². The van der Waals surface area contributed by atoms with E-state index in [9.17, 15) is 9.59 Å². The number of carbonyl (C=O) groups is 2. The van der Waals surface area contributed by atoms with Crippen LogP contribution in [0.4, 0.5) is 10.5 Å². The van der Waals surface area contributed by atoms with E-state index >= 15 is 0 Å². The number of benzene rings is 1. The number of imide groups is 1. The number of nitrogens with one attached hydrogen (secondary N) is 2. The molecule has 0 aliphatic rings. The number of anilines is 1. The smallest absolute Gasteiger partial charge is 0.325 e. The van der Waals surface area contributed by atoms with Crippen molar-refractivity contribution in [1.29, 1.82) is 0 Å². The van der Waals surface area contributed by atoms with Crippen molar-refractivity contribution in [2.24, 2.45) is 0 Å². The minimum Gasteiger partial charge on any atom is -0.336 e. The average Bonchev–Trinajstić information content (AvgIpc) is 2.86. The summed E-state index contributed by atoms with van der Waals surface area (Å²) in [5, 5.41) is 12.5. The van der Waals surface area contributed by atoms with Crippen LogP contribution < -0.4 is 16.5 Å². The lowest BCUT2D eigenvalue weighted by molar-refractivity contribution is -0.117. The number of aromatic nitrogens is 3. The van der Waals surface area contributed by atoms with Gasteiger partial charge in [-0.1, -0.05) is 17.8 Å². The third-order valence-electron chi connectivity index (χ3n) is 2.89. The van der Waals surface area contributed by atoms with Crippen LogP contribution in [0.15, 0.2) is 29.7 Å². The second-order valence-electron chi connectivity index (χ2n) is 4.61. The molecule has 116 valence electrons. The van der Waals surface area contributed by atoms with Gasteiger partial charge in [-0.15, -0.1) is 10.2 Å². The molecule has 0 atom stereocenters. The summed E-state index contributed by atoms with van der Waals surface area (Å²) >= 11 is 1.09. The number of thioether (sulfide) groups is 1. The van der Waals surface area contributed by atoms with Crippen LogP contribution in [0.5, 0.6) is 0 Å². The molecule has 0 unspecified atom stereocenters. The van der Waals surface area contributed by atoms with E-state index in [1.54, 1.807) is 6.07 Å². The number of nitrogen functional groups attached to an aromatic ring is 1. The van der Waals surface area contributed by atoms with E-state index < -0.39 is 11.9 Å². The number of hydrogen-bond donors (Lipinski definition) is 3. The Kier molecular flexibility index (Phi) is 4.99. The molecule has 4 N–H and O–H groups in total. The lowest BCUT2D eigenvalue weighted by Crippen LogP contribution is -2.35. The molecule has 9 heteroatoms. The number of hydrogen-bond acceptors (Lipinski definition) is 6. The largest absolute Gasteiger partial charge is 0.336 e. The molecule has 0 saturated carbocycles. The van der Waals surface area contributed by atoms with E-state index in [1.807, 2.05) is 26.0 Å². The van der Waals surface area contributed by atoms with Crippen molar-refractivity contribution in [3.63, 3.8) is 0 Å². The third kappa shape index (κ3) is 4.22. The van der Waals surface area contributed by atoms with Gasteiger partial charge in [-0.25, -0.2) is 9.47 Å². The summed E-state index contributed by atoms with van der Waals surface area (Å²) in [6, 6.07) is 4.93. The summed E-state index contributed by atoms with van der Waals surface area (Å²) in [4.78, 5) is 23.4. The first-order chi connectivity index (χ1) is 10.5. The maximum absolute atomic E-state index is 11.7. The van der Waals surface area contributed by atoms with Crippen molar-refractivity contribution in [2.45, 2.75) is 19.0 Å². The van der Waals surface area contributed by atoms with E-state index in [0.717, 1.165) is 22.9 Å². The molecule has 1 aromatic heterocycles. The van der Waals surface area contributed by atoms with Crippen LogP contribution >= 0.6 is 11.8 Å². The third-order valence-corrected chi connectivity index (χ3v) is 3.85. The summed E-state index contributed by atoms with van der Waals surface area (Å²) in [6.07, 6.45) is 1.33. The fourth-order valence-corrected chi connectivity index (χ4v) is 2.24. The second-order valence-corrected chi connectivity index (χ2v) is 5.55. The van der Waals surface area contributed by atoms with Crippen LogP contribution in [0.25, 0.3) is 0 Å². The van der Waals surface area contributed by atoms with Gasteiger partial charge in [0.15, 0.2) is 0 Å². The highest BCUT2D eigenvalue weighted by molar-refractivity contribution is 7.99. The summed E-state index contributed by atoms with van der Waals surface area (Å²) < 4.78 is 1.20. The van der Waals surface area contributed by atoms with Gasteiger partial charge in [0.1, 0.15) is 6.33 Å². The quantitative estimate of drug-likeness (QED) is 0.573. The zero-order chi connectivity index (χ0) is 16.1. The van der Waals surface area contributed by atoms with Gasteiger partial charge in [-0.05, 0) is 37.1 Å². The van der Waals surface area contributed by atoms with E-state index in [4.69, 9.17) is 5.84 Å². The van der Waals surface area contributed by atoms with Gasteiger partial charge in [0, 0.05) is 5.69 Å². The van der Waals surface area contributed by atoms with Crippen molar-refractivity contribution in [1.82, 2.24) is 20.2 Å². The molecule has 0 spiro atoms. The van der Waals surface area contributed by atoms with Crippen molar-refractivity contribution in [3.05, 3.63) is 35.7 Å². The number of nitrogens with two attached hydrogens (primary N) is 1. The summed E-state index contributed by atoms with van der Waals surface area (Å²) in [5.74, 6) is 5.08. The molecule has 0 radical (unpaired) electrons. The molecule has 3 amide bonds. The molecular weight excluding hydrogens is 304 g/mol. The van der Waals surface area contributed by atoms with Crippen molar-refractivity contribution < 1.29 is 9.59 Å². The van der Waals surface area contributed by atoms with Gasteiger partial charge in [-0.3, -0.25) is 10.1 Å². The van der Waals surface area contributed by atoms with Crippen LogP contribution in [0.2, 0.25) is 0 Å². The lowest BCUT2D eigenvalue weighted by atomic mass is 10.1. The highest BCUT2D eigenvalue weighted by Gasteiger charge is 2.11. The number of urea groups is 1. The predicted octanol–water partition coefficient (Wildman–Crippen LogP) is 1.05. The number of aryl methyl sites for hydroxylation is 2. The normalized spacial score (nSPS) is 10.3. The Hall–Kier alpha value is -2.55. The number of amides is 3. The molecule has 1 aromatic carbocycles. The molecule has 0 bridgehead atoms. The van der Waals surface area contributed by atoms with Crippen LogP contribution in [0.1, 0.15) is 11.1 Å². The fourth-order valence-electron chi connectivity index (χ4n) is 1.61. The van der Waals surface area contributed by atoms with Gasteiger partial charge < -0.3 is 11.2 Å². The Morgan fingerprint density at radius 2 is 2.09 bits per heavy atom. The standard InChI is InChI=1S/C13H16N6O2S/c1-8-3-4-10(5-9(8)2)16-12(21)17-11(20)6-22-13-18-15-7-19(13)14/h3-5,7H,6,14H2,1-2H3,(H2,16,17,20,21). The SMILES string of the molecule is Cc1ccc(NC(=O)NC(=O)CSc2nncn2N)cc1C. The number of carbonyl (C=O) groups excluding carboxylic acids is 2. The first kappa shape index (κ1) is 15.8. The van der Waals surface area contributed by atoms with Crippen LogP contribution in [-0.2, 0) is 4.79 Å². The first-order valence-corrected chi connectivity index (χ1v) is 7.40. The van der Waals surface area contributed by atoms with E-state index in [0.29, 0.717) is 10.8 Å². The molecule has 8 nitrogen and oxygen atoms in total. The van der Waals surface area contributed by atoms with Crippen molar-refractivity contribution in [3.8, 4) is 0 Å². The average molecular weight is 320 g/mol. The molecule has 0 fully saturated rings. The van der Waals surface area contributed by atoms with Crippen molar-refractivity contribution >= 4 is 29.4 Å². The van der Waals surface area contributed by atoms with Gasteiger partial charge in [-0.2, -0.15) is 0 Å². The van der Waals surface area contributed by atoms with Gasteiger partial charge in [0.25, 0.3) is 0 Å². The van der Waals surface area contributed by atoms with E-state index in [1.165, 1.54) is 11.0 Å². The van der Waals surface area contributed by atoms with Gasteiger partial charge >= 0.3 is 6.03 Å². The van der Waals surface area contributed by atoms with Gasteiger partial charge in [0.05, 0.1) is 5.75 Å². The maximum atomic E-state index is 11.7. The van der Waals surface area contributed by atoms with E-state index in [-0.39, 0.29) is 5.75 Å². The van der Waals surface area contributed by atoms with Crippen LogP contribution in [0.3, 0.4) is 0 Å². The monoisotopic (exact) mass is 320 g/mol. The summed E-state index contributed by atoms with van der Waals surface area (Å²) in [7, 11) is 0. The number of rotatable bonds is 4. The topological polar surface area (TPSA) is 115 Å². The Morgan fingerprint density at radius 1 is 1.32 bits per heavy atom. The summed E-state index contributed by atoms with van der Waals surface area (Å²) in [6.45, 7) is 3.93. The molecule has 1 heterocycles. The molecular formula is C13H16N6O2S. The highest BCUT2D eigenvalue weighted by Crippen LogP contribution is 2.14. The Labute approximate surface area is 131 Å². The molecule has 0 saturated heterocycles.